The smallest absolute Gasteiger partial charge is 0.387 e. The average molecular weight is 298 g/mol. The van der Waals surface area contributed by atoms with E-state index in [9.17, 15) is 8.78 Å². The summed E-state index contributed by atoms with van der Waals surface area (Å²) in [5, 5.41) is 6.32. The summed E-state index contributed by atoms with van der Waals surface area (Å²) in [6.45, 7) is 1.78. The molecule has 0 saturated carbocycles. The lowest BCUT2D eigenvalue weighted by molar-refractivity contribution is -0.0499. The maximum absolute atomic E-state index is 12.2. The molecule has 1 aromatic heterocycles. The van der Waals surface area contributed by atoms with Crippen molar-refractivity contribution in [3.05, 3.63) is 45.9 Å². The quantitative estimate of drug-likeness (QED) is 0.878. The van der Waals surface area contributed by atoms with Gasteiger partial charge in [0.05, 0.1) is 0 Å². The number of benzene rings is 1. The van der Waals surface area contributed by atoms with Crippen LogP contribution < -0.4 is 10.1 Å². The predicted molar refractivity (Wildman–Crippen MR) is 75.2 cm³/mol. The molecule has 1 aromatic carbocycles. The number of halogens is 2. The van der Waals surface area contributed by atoms with Crippen LogP contribution in [0.15, 0.2) is 29.6 Å². The number of thiazole rings is 1. The molecule has 1 N–H and O–H groups in total. The highest BCUT2D eigenvalue weighted by molar-refractivity contribution is 7.09. The molecule has 20 heavy (non-hydrogen) atoms. The molecule has 0 bridgehead atoms. The molecule has 1 unspecified atom stereocenters. The van der Waals surface area contributed by atoms with E-state index in [0.29, 0.717) is 6.54 Å². The van der Waals surface area contributed by atoms with Crippen LogP contribution >= 0.6 is 11.3 Å². The van der Waals surface area contributed by atoms with Gasteiger partial charge in [-0.1, -0.05) is 12.1 Å². The van der Waals surface area contributed by atoms with Crippen LogP contribution in [0.4, 0.5) is 8.78 Å². The molecule has 2 aromatic rings. The van der Waals surface area contributed by atoms with Crippen LogP contribution in [0.1, 0.15) is 29.2 Å². The fourth-order valence-corrected chi connectivity index (χ4v) is 2.52. The summed E-state index contributed by atoms with van der Waals surface area (Å²) < 4.78 is 28.8. The Morgan fingerprint density at radius 3 is 2.85 bits per heavy atom. The van der Waals surface area contributed by atoms with Gasteiger partial charge in [-0.2, -0.15) is 8.78 Å². The number of hydrogen-bond donors (Lipinski definition) is 1. The summed E-state index contributed by atoms with van der Waals surface area (Å²) in [7, 11) is 0. The molecule has 1 heterocycles. The monoisotopic (exact) mass is 298 g/mol. The zero-order valence-electron chi connectivity index (χ0n) is 11.3. The van der Waals surface area contributed by atoms with E-state index in [1.165, 1.54) is 6.07 Å². The zero-order valence-corrected chi connectivity index (χ0v) is 12.1. The first-order chi connectivity index (χ1) is 9.54. The van der Waals surface area contributed by atoms with Crippen molar-refractivity contribution in [1.82, 2.24) is 10.3 Å². The van der Waals surface area contributed by atoms with Gasteiger partial charge < -0.3 is 10.1 Å². The second-order valence-electron chi connectivity index (χ2n) is 4.44. The molecule has 0 aliphatic rings. The van der Waals surface area contributed by atoms with Crippen LogP contribution in [-0.4, -0.2) is 11.6 Å². The lowest BCUT2D eigenvalue weighted by Gasteiger charge is -2.14. The van der Waals surface area contributed by atoms with Crippen LogP contribution in [0.2, 0.25) is 0 Å². The van der Waals surface area contributed by atoms with Crippen molar-refractivity contribution >= 4 is 11.3 Å². The number of ether oxygens (including phenoxy) is 1. The van der Waals surface area contributed by atoms with Crippen molar-refractivity contribution in [1.29, 1.82) is 0 Å². The molecule has 0 amide bonds. The zero-order chi connectivity index (χ0) is 14.5. The molecular weight excluding hydrogens is 282 g/mol. The van der Waals surface area contributed by atoms with E-state index >= 15 is 0 Å². The molecular formula is C14H16F2N2OS. The molecule has 0 spiro atoms. The third-order valence-electron chi connectivity index (χ3n) is 2.81. The van der Waals surface area contributed by atoms with Crippen LogP contribution in [0.25, 0.3) is 0 Å². The van der Waals surface area contributed by atoms with Gasteiger partial charge in [-0.3, -0.25) is 0 Å². The fourth-order valence-electron chi connectivity index (χ4n) is 1.80. The highest BCUT2D eigenvalue weighted by atomic mass is 32.1. The van der Waals surface area contributed by atoms with E-state index in [0.717, 1.165) is 16.3 Å². The number of aryl methyl sites for hydroxylation is 1. The first-order valence-electron chi connectivity index (χ1n) is 6.24. The summed E-state index contributed by atoms with van der Waals surface area (Å²) in [5.41, 5.74) is 1.91. The second-order valence-corrected chi connectivity index (χ2v) is 5.38. The Labute approximate surface area is 120 Å². The fraction of sp³-hybridized carbons (Fsp3) is 0.357. The maximum atomic E-state index is 12.2. The van der Waals surface area contributed by atoms with E-state index in [1.54, 1.807) is 23.5 Å². The highest BCUT2D eigenvalue weighted by Crippen LogP contribution is 2.21. The molecule has 0 fully saturated rings. The highest BCUT2D eigenvalue weighted by Gasteiger charge is 2.09. The minimum absolute atomic E-state index is 0.0282. The number of aromatic nitrogens is 1. The first kappa shape index (κ1) is 14.9. The second kappa shape index (κ2) is 6.76. The number of rotatable bonds is 6. The van der Waals surface area contributed by atoms with Gasteiger partial charge in [0, 0.05) is 23.7 Å². The lowest BCUT2D eigenvalue weighted by atomic mass is 10.1. The molecule has 3 nitrogen and oxygen atoms in total. The van der Waals surface area contributed by atoms with E-state index in [1.807, 2.05) is 25.3 Å². The Hall–Kier alpha value is -1.53. The molecule has 0 aliphatic heterocycles. The minimum atomic E-state index is -2.80. The van der Waals surface area contributed by atoms with E-state index < -0.39 is 6.61 Å². The molecule has 0 saturated heterocycles. The topological polar surface area (TPSA) is 34.1 Å². The van der Waals surface area contributed by atoms with Gasteiger partial charge in [0.25, 0.3) is 0 Å². The van der Waals surface area contributed by atoms with E-state index in [4.69, 9.17) is 0 Å². The van der Waals surface area contributed by atoms with Crippen molar-refractivity contribution < 1.29 is 13.5 Å². The van der Waals surface area contributed by atoms with Crippen LogP contribution in [0.3, 0.4) is 0 Å². The van der Waals surface area contributed by atoms with Crippen LogP contribution in [0.5, 0.6) is 5.75 Å². The normalized spacial score (nSPS) is 12.7. The van der Waals surface area contributed by atoms with Gasteiger partial charge in [-0.25, -0.2) is 4.98 Å². The summed E-state index contributed by atoms with van der Waals surface area (Å²) in [6, 6.07) is 6.76. The van der Waals surface area contributed by atoms with Crippen molar-refractivity contribution in [2.45, 2.75) is 33.0 Å². The molecule has 108 valence electrons. The van der Waals surface area contributed by atoms with Gasteiger partial charge in [0.1, 0.15) is 10.8 Å². The van der Waals surface area contributed by atoms with Crippen LogP contribution in [-0.2, 0) is 6.54 Å². The Morgan fingerprint density at radius 1 is 1.40 bits per heavy atom. The number of nitrogens with zero attached hydrogens (tertiary/aromatic N) is 1. The third-order valence-corrected chi connectivity index (χ3v) is 3.78. The maximum Gasteiger partial charge on any atom is 0.387 e. The largest absolute Gasteiger partial charge is 0.435 e. The number of nitrogens with one attached hydrogen (secondary N) is 1. The van der Waals surface area contributed by atoms with Crippen molar-refractivity contribution in [2.24, 2.45) is 0 Å². The summed E-state index contributed by atoms with van der Waals surface area (Å²) >= 11 is 1.60. The summed E-state index contributed by atoms with van der Waals surface area (Å²) in [4.78, 5) is 4.37. The Kier molecular flexibility index (Phi) is 5.03. The molecule has 2 rings (SSSR count). The predicted octanol–water partition coefficient (Wildman–Crippen LogP) is 3.90. The third kappa shape index (κ3) is 4.25. The van der Waals surface area contributed by atoms with E-state index in [2.05, 4.69) is 15.0 Å². The molecule has 1 atom stereocenters. The van der Waals surface area contributed by atoms with Gasteiger partial charge in [-0.05, 0) is 31.5 Å². The van der Waals surface area contributed by atoms with Gasteiger partial charge in [-0.15, -0.1) is 11.3 Å². The Morgan fingerprint density at radius 2 is 2.20 bits per heavy atom. The Bertz CT molecular complexity index is 560. The van der Waals surface area contributed by atoms with Crippen molar-refractivity contribution in [3.63, 3.8) is 0 Å². The Balaban J connectivity index is 1.96. The van der Waals surface area contributed by atoms with Gasteiger partial charge >= 0.3 is 6.61 Å². The van der Waals surface area contributed by atoms with Crippen molar-refractivity contribution in [2.75, 3.05) is 0 Å². The summed E-state index contributed by atoms with van der Waals surface area (Å²) in [6.07, 6.45) is 0. The average Bonchev–Trinajstić information content (AvgIpc) is 2.81. The molecule has 0 radical (unpaired) electrons. The SMILES string of the molecule is Cc1csc(CNC(C)c2cccc(OC(F)F)c2)n1. The van der Waals surface area contributed by atoms with Crippen molar-refractivity contribution in [3.8, 4) is 5.75 Å². The summed E-state index contributed by atoms with van der Waals surface area (Å²) in [5.74, 6) is 0.177. The van der Waals surface area contributed by atoms with Gasteiger partial charge in [0.15, 0.2) is 0 Å². The van der Waals surface area contributed by atoms with Gasteiger partial charge in [0.2, 0.25) is 0 Å². The van der Waals surface area contributed by atoms with Crippen LogP contribution in [0, 0.1) is 6.92 Å². The lowest BCUT2D eigenvalue weighted by Crippen LogP contribution is -2.18. The molecule has 6 heteroatoms. The minimum Gasteiger partial charge on any atom is -0.435 e. The number of alkyl halides is 2. The first-order valence-corrected chi connectivity index (χ1v) is 7.11. The van der Waals surface area contributed by atoms with E-state index in [-0.39, 0.29) is 11.8 Å². The standard InChI is InChI=1S/C14H16F2N2OS/c1-9-8-20-13(18-9)7-17-10(2)11-4-3-5-12(6-11)19-14(15)16/h3-6,8,10,14,17H,7H2,1-2H3. The molecule has 0 aliphatic carbocycles. The number of hydrogen-bond acceptors (Lipinski definition) is 4.